The van der Waals surface area contributed by atoms with Crippen molar-refractivity contribution >= 4 is 0 Å². The summed E-state index contributed by atoms with van der Waals surface area (Å²) >= 11 is 0. The van der Waals surface area contributed by atoms with E-state index in [1.54, 1.807) is 5.57 Å². The zero-order valence-corrected chi connectivity index (χ0v) is 20.9. The predicted molar refractivity (Wildman–Crippen MR) is 128 cm³/mol. The van der Waals surface area contributed by atoms with Crippen LogP contribution in [0, 0.1) is 52.3 Å². The third-order valence-electron chi connectivity index (χ3n) is 11.3. The number of fused-ring (bicyclic) bond motifs is 5. The first-order valence-electron chi connectivity index (χ1n) is 13.6. The van der Waals surface area contributed by atoms with E-state index >= 15 is 0 Å². The van der Waals surface area contributed by atoms with Gasteiger partial charge in [0.15, 0.2) is 0 Å². The maximum Gasteiger partial charge on any atom is 0.0577 e. The maximum atomic E-state index is 10.2. The Bertz CT molecular complexity index is 634. The van der Waals surface area contributed by atoms with E-state index in [-0.39, 0.29) is 6.10 Å². The van der Waals surface area contributed by atoms with Gasteiger partial charge < -0.3 is 5.11 Å². The van der Waals surface area contributed by atoms with Gasteiger partial charge in [-0.1, -0.05) is 66.0 Å². The summed E-state index contributed by atoms with van der Waals surface area (Å²) in [7, 11) is 0. The van der Waals surface area contributed by atoms with E-state index in [0.29, 0.717) is 10.8 Å². The number of allylic oxidation sites excluding steroid dienone is 1. The number of hydrogen-bond donors (Lipinski definition) is 1. The molecule has 0 spiro atoms. The zero-order chi connectivity index (χ0) is 21.7. The fourth-order valence-corrected chi connectivity index (χ4v) is 9.30. The Labute approximate surface area is 187 Å². The molecule has 0 amide bonds. The van der Waals surface area contributed by atoms with Gasteiger partial charge in [0.2, 0.25) is 0 Å². The molecule has 0 aromatic heterocycles. The van der Waals surface area contributed by atoms with Crippen molar-refractivity contribution in [2.24, 2.45) is 52.3 Å². The van der Waals surface area contributed by atoms with E-state index < -0.39 is 0 Å². The van der Waals surface area contributed by atoms with Crippen molar-refractivity contribution < 1.29 is 5.11 Å². The lowest BCUT2D eigenvalue weighted by atomic mass is 9.47. The average Bonchev–Trinajstić information content (AvgIpc) is 3.06. The van der Waals surface area contributed by atoms with Crippen molar-refractivity contribution in [2.45, 2.75) is 118 Å². The molecule has 0 aliphatic heterocycles. The molecule has 0 saturated heterocycles. The molecule has 1 heteroatoms. The second kappa shape index (κ2) is 8.57. The smallest absolute Gasteiger partial charge is 0.0577 e. The van der Waals surface area contributed by atoms with E-state index in [1.807, 2.05) is 0 Å². The fraction of sp³-hybridized carbons (Fsp3) is 0.931. The molecule has 0 heterocycles. The third kappa shape index (κ3) is 3.74. The van der Waals surface area contributed by atoms with Crippen molar-refractivity contribution in [1.29, 1.82) is 0 Å². The Morgan fingerprint density at radius 3 is 2.47 bits per heavy atom. The minimum Gasteiger partial charge on any atom is -0.393 e. The van der Waals surface area contributed by atoms with Gasteiger partial charge in [-0.3, -0.25) is 0 Å². The highest BCUT2D eigenvalue weighted by atomic mass is 16.3. The van der Waals surface area contributed by atoms with Crippen molar-refractivity contribution in [1.82, 2.24) is 0 Å². The Kier molecular flexibility index (Phi) is 6.53. The van der Waals surface area contributed by atoms with Crippen LogP contribution in [-0.4, -0.2) is 11.2 Å². The third-order valence-corrected chi connectivity index (χ3v) is 11.3. The molecule has 1 N–H and O–H groups in total. The van der Waals surface area contributed by atoms with Gasteiger partial charge >= 0.3 is 0 Å². The van der Waals surface area contributed by atoms with Gasteiger partial charge in [0.05, 0.1) is 6.10 Å². The monoisotopic (exact) mass is 414 g/mol. The molecule has 9 atom stereocenters. The highest BCUT2D eigenvalue weighted by Crippen LogP contribution is 2.67. The predicted octanol–water partition coefficient (Wildman–Crippen LogP) is 8.02. The summed E-state index contributed by atoms with van der Waals surface area (Å²) in [4.78, 5) is 0. The van der Waals surface area contributed by atoms with Crippen molar-refractivity contribution in [3.8, 4) is 0 Å². The van der Waals surface area contributed by atoms with Crippen molar-refractivity contribution in [3.63, 3.8) is 0 Å². The number of hydrogen-bond acceptors (Lipinski definition) is 1. The molecule has 0 radical (unpaired) electrons. The number of aliphatic hydroxyl groups is 1. The molecular formula is C29H50O. The zero-order valence-electron chi connectivity index (χ0n) is 20.9. The van der Waals surface area contributed by atoms with E-state index in [0.717, 1.165) is 54.3 Å². The van der Waals surface area contributed by atoms with E-state index in [4.69, 9.17) is 0 Å². The Hall–Kier alpha value is -0.300. The quantitative estimate of drug-likeness (QED) is 0.436. The SMILES string of the molecule is CC[C@@H](CC[C@@H](C)[C@H]1CC[C@@H]2[C@@H]3CC=C4C[C@H](O)CC[C@]4(C)[C@@H]3CC[C@@]21C)C(C)C. The van der Waals surface area contributed by atoms with Crippen molar-refractivity contribution in [3.05, 3.63) is 11.6 Å². The summed E-state index contributed by atoms with van der Waals surface area (Å²) in [5.74, 6) is 6.31. The van der Waals surface area contributed by atoms with E-state index in [9.17, 15) is 5.11 Å². The molecule has 4 aliphatic carbocycles. The molecule has 1 nitrogen and oxygen atoms in total. The summed E-state index contributed by atoms with van der Waals surface area (Å²) in [5, 5.41) is 10.2. The molecule has 3 fully saturated rings. The Morgan fingerprint density at radius 1 is 1.00 bits per heavy atom. The highest BCUT2D eigenvalue weighted by Gasteiger charge is 2.59. The van der Waals surface area contributed by atoms with Gasteiger partial charge in [-0.2, -0.15) is 0 Å². The van der Waals surface area contributed by atoms with Gasteiger partial charge in [0.1, 0.15) is 0 Å². The first kappa shape index (κ1) is 22.9. The van der Waals surface area contributed by atoms with Gasteiger partial charge in [0, 0.05) is 0 Å². The summed E-state index contributed by atoms with van der Waals surface area (Å²) in [6.45, 7) is 15.1. The van der Waals surface area contributed by atoms with Gasteiger partial charge in [0.25, 0.3) is 0 Å². The minimum absolute atomic E-state index is 0.0794. The van der Waals surface area contributed by atoms with Gasteiger partial charge in [-0.15, -0.1) is 0 Å². The van der Waals surface area contributed by atoms with Crippen LogP contribution in [0.2, 0.25) is 0 Å². The first-order valence-corrected chi connectivity index (χ1v) is 13.6. The summed E-state index contributed by atoms with van der Waals surface area (Å²) in [5.41, 5.74) is 2.59. The van der Waals surface area contributed by atoms with Crippen LogP contribution in [0.3, 0.4) is 0 Å². The molecule has 172 valence electrons. The molecule has 3 saturated carbocycles. The summed E-state index contributed by atoms with van der Waals surface area (Å²) in [6, 6.07) is 0. The standard InChI is InChI=1S/C29H50O/c1-7-21(19(2)3)9-8-20(4)25-12-13-26-24-11-10-22-18-23(30)14-16-28(22,5)27(24)15-17-29(25,26)6/h10,19-21,23-27,30H,7-9,11-18H2,1-6H3/t20-,21+,23-,24+,25-,26-,27-,28+,29-/m1/s1. The van der Waals surface area contributed by atoms with Crippen LogP contribution in [0.5, 0.6) is 0 Å². The molecule has 0 aromatic carbocycles. The van der Waals surface area contributed by atoms with Gasteiger partial charge in [-0.05, 0) is 110 Å². The minimum atomic E-state index is -0.0794. The fourth-order valence-electron chi connectivity index (χ4n) is 9.30. The van der Waals surface area contributed by atoms with Crippen LogP contribution in [0.1, 0.15) is 112 Å². The lowest BCUT2D eigenvalue weighted by molar-refractivity contribution is -0.0575. The molecule has 0 aromatic rings. The van der Waals surface area contributed by atoms with Crippen LogP contribution in [0.4, 0.5) is 0 Å². The molecule has 4 rings (SSSR count). The number of rotatable bonds is 6. The number of aliphatic hydroxyl groups excluding tert-OH is 1. The highest BCUT2D eigenvalue weighted by molar-refractivity contribution is 5.25. The van der Waals surface area contributed by atoms with Crippen LogP contribution in [-0.2, 0) is 0 Å². The largest absolute Gasteiger partial charge is 0.393 e. The lowest BCUT2D eigenvalue weighted by Crippen LogP contribution is -2.50. The Balaban J connectivity index is 1.47. The molecule has 4 aliphatic rings. The molecule has 0 unspecified atom stereocenters. The Morgan fingerprint density at radius 2 is 1.77 bits per heavy atom. The first-order chi connectivity index (χ1) is 14.2. The second-order valence-electron chi connectivity index (χ2n) is 12.9. The van der Waals surface area contributed by atoms with E-state index in [2.05, 4.69) is 47.6 Å². The van der Waals surface area contributed by atoms with Crippen LogP contribution < -0.4 is 0 Å². The second-order valence-corrected chi connectivity index (χ2v) is 12.9. The van der Waals surface area contributed by atoms with E-state index in [1.165, 1.54) is 57.8 Å². The van der Waals surface area contributed by atoms with Gasteiger partial charge in [-0.25, -0.2) is 0 Å². The molecule has 30 heavy (non-hydrogen) atoms. The van der Waals surface area contributed by atoms with Crippen LogP contribution in [0.15, 0.2) is 11.6 Å². The lowest BCUT2D eigenvalue weighted by Gasteiger charge is -2.58. The summed E-state index contributed by atoms with van der Waals surface area (Å²) in [6.07, 6.45) is 17.1. The molecular weight excluding hydrogens is 364 g/mol. The van der Waals surface area contributed by atoms with Crippen LogP contribution in [0.25, 0.3) is 0 Å². The van der Waals surface area contributed by atoms with Crippen molar-refractivity contribution in [2.75, 3.05) is 0 Å². The topological polar surface area (TPSA) is 20.2 Å². The van der Waals surface area contributed by atoms with Crippen LogP contribution >= 0.6 is 0 Å². The maximum absolute atomic E-state index is 10.2. The average molecular weight is 415 g/mol. The normalized spacial score (nSPS) is 45.3. The molecule has 0 bridgehead atoms. The summed E-state index contributed by atoms with van der Waals surface area (Å²) < 4.78 is 0.